The van der Waals surface area contributed by atoms with Crippen molar-refractivity contribution in [2.24, 2.45) is 0 Å². The molecule has 0 aromatic heterocycles. The second-order valence-electron chi connectivity index (χ2n) is 6.22. The zero-order valence-electron chi connectivity index (χ0n) is 15.2. The molecule has 0 saturated heterocycles. The number of hydrogen-bond acceptors (Lipinski definition) is 2. The van der Waals surface area contributed by atoms with Crippen molar-refractivity contribution in [2.75, 3.05) is 7.05 Å². The summed E-state index contributed by atoms with van der Waals surface area (Å²) in [5.74, 6) is -0.197. The molecule has 26 heavy (non-hydrogen) atoms. The van der Waals surface area contributed by atoms with E-state index in [-0.39, 0.29) is 11.8 Å². The number of likely N-dealkylation sites (N-methyl/N-ethyl adjacent to an activating group) is 1. The van der Waals surface area contributed by atoms with Crippen LogP contribution in [0.5, 0.6) is 0 Å². The van der Waals surface area contributed by atoms with Crippen LogP contribution in [0.2, 0.25) is 5.02 Å². The van der Waals surface area contributed by atoms with E-state index in [1.165, 1.54) is 0 Å². The van der Waals surface area contributed by atoms with E-state index in [0.29, 0.717) is 24.4 Å². The van der Waals surface area contributed by atoms with Gasteiger partial charge in [-0.25, -0.2) is 0 Å². The summed E-state index contributed by atoms with van der Waals surface area (Å²) in [6.45, 7) is 2.31. The molecule has 0 heterocycles. The van der Waals surface area contributed by atoms with E-state index in [1.54, 1.807) is 18.0 Å². The zero-order valence-corrected chi connectivity index (χ0v) is 16.0. The van der Waals surface area contributed by atoms with Crippen molar-refractivity contribution in [3.8, 4) is 0 Å². The van der Waals surface area contributed by atoms with Crippen molar-refractivity contribution in [3.05, 3.63) is 70.7 Å². The van der Waals surface area contributed by atoms with Gasteiger partial charge in [0.1, 0.15) is 6.04 Å². The minimum atomic E-state index is -0.569. The standard InChI is InChI=1S/C21H25ClN2O2/c1-3-8-20(25)24(15-17-11-7-12-18(22)13-17)19(21(26)23-2)14-16-9-5-4-6-10-16/h4-7,9-13,19H,3,8,14-15H2,1-2H3,(H,23,26)/t19-/m0/s1. The largest absolute Gasteiger partial charge is 0.357 e. The van der Waals surface area contributed by atoms with Gasteiger partial charge in [0.15, 0.2) is 0 Å². The number of benzene rings is 2. The Morgan fingerprint density at radius 3 is 2.38 bits per heavy atom. The Bertz CT molecular complexity index is 734. The summed E-state index contributed by atoms with van der Waals surface area (Å²) in [7, 11) is 1.60. The molecule has 2 amide bonds. The summed E-state index contributed by atoms with van der Waals surface area (Å²) in [5.41, 5.74) is 1.92. The lowest BCUT2D eigenvalue weighted by atomic mass is 10.0. The number of rotatable bonds is 8. The Morgan fingerprint density at radius 1 is 1.08 bits per heavy atom. The van der Waals surface area contributed by atoms with E-state index in [2.05, 4.69) is 5.32 Å². The predicted octanol–water partition coefficient (Wildman–Crippen LogP) is 3.83. The third-order valence-electron chi connectivity index (χ3n) is 4.22. The van der Waals surface area contributed by atoms with E-state index in [9.17, 15) is 9.59 Å². The Kier molecular flexibility index (Phi) is 7.67. The van der Waals surface area contributed by atoms with Crippen molar-refractivity contribution in [2.45, 2.75) is 38.8 Å². The highest BCUT2D eigenvalue weighted by atomic mass is 35.5. The number of carbonyl (C=O) groups excluding carboxylic acids is 2. The number of nitrogens with zero attached hydrogens (tertiary/aromatic N) is 1. The fourth-order valence-electron chi connectivity index (χ4n) is 2.91. The van der Waals surface area contributed by atoms with Crippen LogP contribution < -0.4 is 5.32 Å². The van der Waals surface area contributed by atoms with Gasteiger partial charge in [0.05, 0.1) is 0 Å². The van der Waals surface area contributed by atoms with Crippen molar-refractivity contribution in [1.29, 1.82) is 0 Å². The molecule has 0 spiro atoms. The van der Waals surface area contributed by atoms with E-state index < -0.39 is 6.04 Å². The third kappa shape index (κ3) is 5.60. The molecule has 0 fully saturated rings. The van der Waals surface area contributed by atoms with E-state index in [1.807, 2.05) is 55.5 Å². The van der Waals surface area contributed by atoms with Crippen LogP contribution in [-0.2, 0) is 22.6 Å². The fraction of sp³-hybridized carbons (Fsp3) is 0.333. The van der Waals surface area contributed by atoms with Crippen LogP contribution in [0.15, 0.2) is 54.6 Å². The highest BCUT2D eigenvalue weighted by molar-refractivity contribution is 6.30. The van der Waals surface area contributed by atoms with Crippen molar-refractivity contribution in [1.82, 2.24) is 10.2 Å². The maximum absolute atomic E-state index is 12.8. The monoisotopic (exact) mass is 372 g/mol. The number of nitrogens with one attached hydrogen (secondary N) is 1. The second kappa shape index (κ2) is 9.97. The van der Waals surface area contributed by atoms with Crippen LogP contribution >= 0.6 is 11.6 Å². The van der Waals surface area contributed by atoms with Gasteiger partial charge in [-0.15, -0.1) is 0 Å². The average molecular weight is 373 g/mol. The van der Waals surface area contributed by atoms with Gasteiger partial charge < -0.3 is 10.2 Å². The van der Waals surface area contributed by atoms with E-state index >= 15 is 0 Å². The molecule has 0 bridgehead atoms. The molecule has 0 unspecified atom stereocenters. The van der Waals surface area contributed by atoms with Crippen molar-refractivity contribution >= 4 is 23.4 Å². The Morgan fingerprint density at radius 2 is 1.77 bits per heavy atom. The first-order valence-corrected chi connectivity index (χ1v) is 9.22. The van der Waals surface area contributed by atoms with Crippen LogP contribution in [-0.4, -0.2) is 29.8 Å². The summed E-state index contributed by atoms with van der Waals surface area (Å²) in [4.78, 5) is 27.1. The normalized spacial score (nSPS) is 11.7. The molecule has 5 heteroatoms. The lowest BCUT2D eigenvalue weighted by molar-refractivity contribution is -0.141. The molecule has 0 aliphatic carbocycles. The van der Waals surface area contributed by atoms with Gasteiger partial charge in [0.25, 0.3) is 0 Å². The zero-order chi connectivity index (χ0) is 18.9. The number of amides is 2. The van der Waals surface area contributed by atoms with Gasteiger partial charge in [0, 0.05) is 31.5 Å². The Labute approximate surface area is 160 Å². The molecule has 0 saturated carbocycles. The first kappa shape index (κ1) is 20.0. The first-order valence-electron chi connectivity index (χ1n) is 8.84. The SMILES string of the molecule is CCCC(=O)N(Cc1cccc(Cl)c1)[C@@H](Cc1ccccc1)C(=O)NC. The molecule has 2 aromatic carbocycles. The molecule has 0 aliphatic heterocycles. The Balaban J connectivity index is 2.33. The van der Waals surface area contributed by atoms with Crippen LogP contribution in [0, 0.1) is 0 Å². The maximum atomic E-state index is 12.8. The molecule has 4 nitrogen and oxygen atoms in total. The number of hydrogen-bond donors (Lipinski definition) is 1. The predicted molar refractivity (Wildman–Crippen MR) is 105 cm³/mol. The molecular formula is C21H25ClN2O2. The van der Waals surface area contributed by atoms with Crippen molar-refractivity contribution < 1.29 is 9.59 Å². The summed E-state index contributed by atoms with van der Waals surface area (Å²) in [6, 6.07) is 16.6. The molecule has 138 valence electrons. The van der Waals surface area contributed by atoms with Gasteiger partial charge in [-0.05, 0) is 29.7 Å². The lowest BCUT2D eigenvalue weighted by Crippen LogP contribution is -2.49. The van der Waals surface area contributed by atoms with E-state index in [4.69, 9.17) is 11.6 Å². The third-order valence-corrected chi connectivity index (χ3v) is 4.46. The van der Waals surface area contributed by atoms with Gasteiger partial charge in [0.2, 0.25) is 11.8 Å². The highest BCUT2D eigenvalue weighted by Gasteiger charge is 2.29. The van der Waals surface area contributed by atoms with Gasteiger partial charge in [-0.2, -0.15) is 0 Å². The van der Waals surface area contributed by atoms with Crippen molar-refractivity contribution in [3.63, 3.8) is 0 Å². The summed E-state index contributed by atoms with van der Waals surface area (Å²) in [6.07, 6.45) is 1.61. The number of halogens is 1. The van der Waals surface area contributed by atoms with Crippen LogP contribution in [0.4, 0.5) is 0 Å². The summed E-state index contributed by atoms with van der Waals surface area (Å²) in [5, 5.41) is 3.32. The smallest absolute Gasteiger partial charge is 0.242 e. The maximum Gasteiger partial charge on any atom is 0.242 e. The van der Waals surface area contributed by atoms with Crippen LogP contribution in [0.3, 0.4) is 0 Å². The highest BCUT2D eigenvalue weighted by Crippen LogP contribution is 2.18. The minimum Gasteiger partial charge on any atom is -0.357 e. The summed E-state index contributed by atoms with van der Waals surface area (Å²) < 4.78 is 0. The summed E-state index contributed by atoms with van der Waals surface area (Å²) >= 11 is 6.09. The minimum absolute atomic E-state index is 0.0305. The van der Waals surface area contributed by atoms with Gasteiger partial charge in [-0.3, -0.25) is 9.59 Å². The molecular weight excluding hydrogens is 348 g/mol. The lowest BCUT2D eigenvalue weighted by Gasteiger charge is -2.31. The molecule has 0 radical (unpaired) electrons. The van der Waals surface area contributed by atoms with E-state index in [0.717, 1.165) is 17.5 Å². The molecule has 0 aliphatic rings. The first-order chi connectivity index (χ1) is 12.5. The quantitative estimate of drug-likeness (QED) is 0.765. The molecule has 2 rings (SSSR count). The molecule has 1 atom stereocenters. The molecule has 2 aromatic rings. The second-order valence-corrected chi connectivity index (χ2v) is 6.66. The average Bonchev–Trinajstić information content (AvgIpc) is 2.65. The fourth-order valence-corrected chi connectivity index (χ4v) is 3.12. The topological polar surface area (TPSA) is 49.4 Å². The van der Waals surface area contributed by atoms with Gasteiger partial charge >= 0.3 is 0 Å². The van der Waals surface area contributed by atoms with Crippen LogP contribution in [0.25, 0.3) is 0 Å². The van der Waals surface area contributed by atoms with Gasteiger partial charge in [-0.1, -0.05) is 61.0 Å². The molecule has 1 N–H and O–H groups in total. The Hall–Kier alpha value is -2.33. The number of carbonyl (C=O) groups is 2. The van der Waals surface area contributed by atoms with Crippen LogP contribution in [0.1, 0.15) is 30.9 Å².